The van der Waals surface area contributed by atoms with Crippen LogP contribution >= 0.6 is 11.8 Å². The maximum absolute atomic E-state index is 12.8. The van der Waals surface area contributed by atoms with E-state index in [-0.39, 0.29) is 19.1 Å². The molecule has 6 nitrogen and oxygen atoms in total. The maximum Gasteiger partial charge on any atom is 0.294 e. The van der Waals surface area contributed by atoms with Crippen molar-refractivity contribution >= 4 is 34.9 Å². The summed E-state index contributed by atoms with van der Waals surface area (Å²) in [7, 11) is 0. The molecule has 2 heterocycles. The van der Waals surface area contributed by atoms with E-state index in [2.05, 4.69) is 12.0 Å². The number of imide groups is 1. The number of nitrogens with zero attached hydrogens (tertiary/aromatic N) is 2. The summed E-state index contributed by atoms with van der Waals surface area (Å²) in [6, 6.07) is 15.0. The van der Waals surface area contributed by atoms with Crippen LogP contribution in [0.2, 0.25) is 0 Å². The first-order valence-electron chi connectivity index (χ1n) is 9.81. The molecule has 0 atom stereocenters. The van der Waals surface area contributed by atoms with Crippen LogP contribution in [0.4, 0.5) is 4.79 Å². The minimum absolute atomic E-state index is 0.175. The molecule has 0 radical (unpaired) electrons. The number of benzene rings is 2. The Morgan fingerprint density at radius 2 is 1.87 bits per heavy atom. The zero-order chi connectivity index (χ0) is 21.8. The van der Waals surface area contributed by atoms with Crippen molar-refractivity contribution in [1.82, 2.24) is 9.80 Å². The molecule has 31 heavy (non-hydrogen) atoms. The first-order valence-corrected chi connectivity index (χ1v) is 10.6. The van der Waals surface area contributed by atoms with Gasteiger partial charge < -0.3 is 9.64 Å². The minimum Gasteiger partial charge on any atom is -0.481 e. The van der Waals surface area contributed by atoms with Crippen LogP contribution in [0.3, 0.4) is 0 Å². The number of hydrogen-bond donors (Lipinski definition) is 0. The Morgan fingerprint density at radius 1 is 1.13 bits per heavy atom. The lowest BCUT2D eigenvalue weighted by Crippen LogP contribution is -2.44. The number of hydrogen-bond acceptors (Lipinski definition) is 5. The lowest BCUT2D eigenvalue weighted by Gasteiger charge is -2.29. The second-order valence-corrected chi connectivity index (χ2v) is 8.16. The number of rotatable bonds is 5. The van der Waals surface area contributed by atoms with E-state index < -0.39 is 11.1 Å². The van der Waals surface area contributed by atoms with Gasteiger partial charge in [0.25, 0.3) is 11.1 Å². The van der Waals surface area contributed by atoms with Gasteiger partial charge in [0, 0.05) is 13.1 Å². The van der Waals surface area contributed by atoms with Gasteiger partial charge in [-0.1, -0.05) is 42.3 Å². The first-order chi connectivity index (χ1) is 15.0. The van der Waals surface area contributed by atoms with Crippen molar-refractivity contribution < 1.29 is 19.1 Å². The highest BCUT2D eigenvalue weighted by molar-refractivity contribution is 8.18. The Kier molecular flexibility index (Phi) is 6.10. The standard InChI is InChI=1S/C24H20N2O4S/c1-2-13-30-20-9-7-17(8-10-20)14-21-23(28)26(24(29)31-21)16-22(27)25-12-11-18-5-3-4-6-19(18)15-25/h1,3-10,14H,11-13,15-16H2/b21-14-. The summed E-state index contributed by atoms with van der Waals surface area (Å²) in [4.78, 5) is 40.9. The predicted molar refractivity (Wildman–Crippen MR) is 119 cm³/mol. The molecule has 0 N–H and O–H groups in total. The van der Waals surface area contributed by atoms with E-state index in [0.29, 0.717) is 23.7 Å². The average molecular weight is 433 g/mol. The molecule has 7 heteroatoms. The molecule has 0 spiro atoms. The van der Waals surface area contributed by atoms with E-state index in [1.165, 1.54) is 5.56 Å². The predicted octanol–water partition coefficient (Wildman–Crippen LogP) is 3.32. The summed E-state index contributed by atoms with van der Waals surface area (Å²) in [5, 5.41) is -0.434. The molecule has 2 aromatic carbocycles. The van der Waals surface area contributed by atoms with Gasteiger partial charge in [0.05, 0.1) is 4.91 Å². The fourth-order valence-corrected chi connectivity index (χ4v) is 4.36. The van der Waals surface area contributed by atoms with E-state index >= 15 is 0 Å². The highest BCUT2D eigenvalue weighted by atomic mass is 32.2. The monoisotopic (exact) mass is 432 g/mol. The van der Waals surface area contributed by atoms with Crippen molar-refractivity contribution in [3.05, 3.63) is 70.1 Å². The van der Waals surface area contributed by atoms with Gasteiger partial charge in [-0.15, -0.1) is 6.42 Å². The number of fused-ring (bicyclic) bond motifs is 1. The molecule has 156 valence electrons. The van der Waals surface area contributed by atoms with E-state index in [4.69, 9.17) is 11.2 Å². The number of thioether (sulfide) groups is 1. The van der Waals surface area contributed by atoms with Crippen LogP contribution in [-0.2, 0) is 22.6 Å². The molecule has 2 aromatic rings. The van der Waals surface area contributed by atoms with Gasteiger partial charge in [-0.05, 0) is 53.1 Å². The highest BCUT2D eigenvalue weighted by Crippen LogP contribution is 2.32. The first kappa shape index (κ1) is 20.8. The van der Waals surface area contributed by atoms with E-state index in [1.807, 2.05) is 18.2 Å². The summed E-state index contributed by atoms with van der Waals surface area (Å²) in [6.07, 6.45) is 7.58. The van der Waals surface area contributed by atoms with Crippen LogP contribution in [0.5, 0.6) is 5.75 Å². The van der Waals surface area contributed by atoms with Crippen molar-refractivity contribution in [2.75, 3.05) is 19.7 Å². The summed E-state index contributed by atoms with van der Waals surface area (Å²) in [6.45, 7) is 1.00. The Balaban J connectivity index is 1.41. The van der Waals surface area contributed by atoms with Crippen molar-refractivity contribution in [2.45, 2.75) is 13.0 Å². The van der Waals surface area contributed by atoms with E-state index in [0.717, 1.165) is 34.2 Å². The second kappa shape index (κ2) is 9.11. The lowest BCUT2D eigenvalue weighted by atomic mass is 10.00. The molecule has 4 rings (SSSR count). The largest absolute Gasteiger partial charge is 0.481 e. The number of terminal acetylenes is 1. The van der Waals surface area contributed by atoms with Gasteiger partial charge in [0.2, 0.25) is 5.91 Å². The van der Waals surface area contributed by atoms with Crippen molar-refractivity contribution in [3.8, 4) is 18.1 Å². The molecule has 3 amide bonds. The maximum atomic E-state index is 12.8. The van der Waals surface area contributed by atoms with Gasteiger partial charge in [0.1, 0.15) is 18.9 Å². The molecule has 0 bridgehead atoms. The molecule has 2 aliphatic heterocycles. The van der Waals surface area contributed by atoms with Gasteiger partial charge in [-0.3, -0.25) is 19.3 Å². The molecule has 1 fully saturated rings. The minimum atomic E-state index is -0.451. The van der Waals surface area contributed by atoms with Gasteiger partial charge >= 0.3 is 0 Å². The number of amides is 3. The van der Waals surface area contributed by atoms with Crippen LogP contribution in [0.1, 0.15) is 16.7 Å². The number of carbonyl (C=O) groups is 3. The quantitative estimate of drug-likeness (QED) is 0.536. The summed E-state index contributed by atoms with van der Waals surface area (Å²) < 4.78 is 5.33. The second-order valence-electron chi connectivity index (χ2n) is 7.16. The van der Waals surface area contributed by atoms with Crippen LogP contribution in [-0.4, -0.2) is 46.5 Å². The molecule has 2 aliphatic rings. The Hall–Kier alpha value is -3.50. The number of ether oxygens (including phenoxy) is 1. The fourth-order valence-electron chi connectivity index (χ4n) is 3.52. The zero-order valence-corrected chi connectivity index (χ0v) is 17.6. The SMILES string of the molecule is C#CCOc1ccc(/C=C2\SC(=O)N(CC(=O)N3CCc4ccccc4C3)C2=O)cc1. The molecular weight excluding hydrogens is 412 g/mol. The van der Waals surface area contributed by atoms with Crippen LogP contribution < -0.4 is 4.74 Å². The molecule has 0 saturated carbocycles. The summed E-state index contributed by atoms with van der Waals surface area (Å²) in [5.41, 5.74) is 3.08. The topological polar surface area (TPSA) is 66.9 Å². The average Bonchev–Trinajstić information content (AvgIpc) is 3.05. The normalized spacial score (nSPS) is 16.9. The van der Waals surface area contributed by atoms with Crippen LogP contribution in [0, 0.1) is 12.3 Å². The van der Waals surface area contributed by atoms with Crippen molar-refractivity contribution in [2.24, 2.45) is 0 Å². The summed E-state index contributed by atoms with van der Waals surface area (Å²) in [5.74, 6) is 2.34. The van der Waals surface area contributed by atoms with E-state index in [1.54, 1.807) is 35.2 Å². The van der Waals surface area contributed by atoms with Crippen molar-refractivity contribution in [3.63, 3.8) is 0 Å². The van der Waals surface area contributed by atoms with Gasteiger partial charge in [0.15, 0.2) is 0 Å². The molecular formula is C24H20N2O4S. The molecule has 0 aromatic heterocycles. The van der Waals surface area contributed by atoms with Crippen LogP contribution in [0.25, 0.3) is 6.08 Å². The van der Waals surface area contributed by atoms with Gasteiger partial charge in [-0.25, -0.2) is 0 Å². The van der Waals surface area contributed by atoms with Crippen molar-refractivity contribution in [1.29, 1.82) is 0 Å². The Bertz CT molecular complexity index is 1100. The third kappa shape index (κ3) is 4.65. The number of carbonyl (C=O) groups excluding carboxylic acids is 3. The third-order valence-corrected chi connectivity index (χ3v) is 6.06. The third-order valence-electron chi connectivity index (χ3n) is 5.15. The van der Waals surface area contributed by atoms with Gasteiger partial charge in [-0.2, -0.15) is 0 Å². The smallest absolute Gasteiger partial charge is 0.294 e. The summed E-state index contributed by atoms with van der Waals surface area (Å²) >= 11 is 0.842. The fraction of sp³-hybridized carbons (Fsp3) is 0.208. The Morgan fingerprint density at radius 3 is 2.61 bits per heavy atom. The van der Waals surface area contributed by atoms with Crippen LogP contribution in [0.15, 0.2) is 53.4 Å². The molecule has 0 aliphatic carbocycles. The Labute approximate surface area is 184 Å². The lowest BCUT2D eigenvalue weighted by molar-refractivity contribution is -0.136. The highest BCUT2D eigenvalue weighted by Gasteiger charge is 2.37. The molecule has 0 unspecified atom stereocenters. The zero-order valence-electron chi connectivity index (χ0n) is 16.7. The van der Waals surface area contributed by atoms with E-state index in [9.17, 15) is 14.4 Å². The molecule has 1 saturated heterocycles.